The number of hydrogen-bond acceptors (Lipinski definition) is 3. The van der Waals surface area contributed by atoms with E-state index in [0.717, 1.165) is 18.3 Å². The third kappa shape index (κ3) is 2.25. The highest BCUT2D eigenvalue weighted by Crippen LogP contribution is 2.25. The highest BCUT2D eigenvalue weighted by atomic mass is 32.2. The lowest BCUT2D eigenvalue weighted by molar-refractivity contribution is -0.110. The Morgan fingerprint density at radius 1 is 1.29 bits per heavy atom. The fraction of sp³-hybridized carbons (Fsp3) is 0.417. The van der Waals surface area contributed by atoms with Gasteiger partial charge in [0.05, 0.1) is 10.9 Å². The molecule has 1 aromatic rings. The molecule has 1 aromatic carbocycles. The summed E-state index contributed by atoms with van der Waals surface area (Å²) in [6.07, 6.45) is 2.09. The molecule has 0 saturated carbocycles. The number of aldehydes is 1. The largest absolute Gasteiger partial charge is 0.302 e. The molecule has 1 aliphatic rings. The van der Waals surface area contributed by atoms with E-state index in [0.29, 0.717) is 13.0 Å². The van der Waals surface area contributed by atoms with Crippen molar-refractivity contribution >= 4 is 16.3 Å². The van der Waals surface area contributed by atoms with E-state index in [1.807, 2.05) is 6.92 Å². The van der Waals surface area contributed by atoms with Gasteiger partial charge in [-0.3, -0.25) is 0 Å². The first-order valence-corrected chi connectivity index (χ1v) is 7.03. The molecule has 1 fully saturated rings. The molecule has 5 heteroatoms. The Labute approximate surface area is 101 Å². The maximum atomic E-state index is 12.3. The molecule has 2 rings (SSSR count). The zero-order valence-electron chi connectivity index (χ0n) is 9.67. The number of aryl methyl sites for hydroxylation is 1. The van der Waals surface area contributed by atoms with Crippen molar-refractivity contribution in [1.29, 1.82) is 0 Å². The molecule has 0 aromatic heterocycles. The molecule has 92 valence electrons. The van der Waals surface area contributed by atoms with Crippen LogP contribution in [0.4, 0.5) is 0 Å². The molecule has 1 atom stereocenters. The number of carbonyl (C=O) groups excluding carboxylic acids is 1. The van der Waals surface area contributed by atoms with Crippen LogP contribution in [0.2, 0.25) is 0 Å². The fourth-order valence-corrected chi connectivity index (χ4v) is 3.68. The lowest BCUT2D eigenvalue weighted by atomic mass is 10.2. The van der Waals surface area contributed by atoms with Crippen molar-refractivity contribution in [3.63, 3.8) is 0 Å². The average molecular weight is 253 g/mol. The van der Waals surface area contributed by atoms with Gasteiger partial charge >= 0.3 is 0 Å². The summed E-state index contributed by atoms with van der Waals surface area (Å²) in [6, 6.07) is 6.20. The molecular weight excluding hydrogens is 238 g/mol. The third-order valence-electron chi connectivity index (χ3n) is 3.03. The second-order valence-corrected chi connectivity index (χ2v) is 6.17. The SMILES string of the molecule is Cc1ccc(S(=O)(=O)N2CCC[C@@H]2C=O)cc1. The minimum atomic E-state index is -3.51. The van der Waals surface area contributed by atoms with Gasteiger partial charge in [0.25, 0.3) is 0 Å². The lowest BCUT2D eigenvalue weighted by Gasteiger charge is -2.19. The number of hydrogen-bond donors (Lipinski definition) is 0. The number of nitrogens with zero attached hydrogens (tertiary/aromatic N) is 1. The van der Waals surface area contributed by atoms with Crippen LogP contribution >= 0.6 is 0 Å². The van der Waals surface area contributed by atoms with Crippen LogP contribution in [0.5, 0.6) is 0 Å². The molecule has 17 heavy (non-hydrogen) atoms. The summed E-state index contributed by atoms with van der Waals surface area (Å²) in [4.78, 5) is 11.1. The molecule has 1 saturated heterocycles. The topological polar surface area (TPSA) is 54.5 Å². The summed E-state index contributed by atoms with van der Waals surface area (Å²) < 4.78 is 25.9. The number of sulfonamides is 1. The van der Waals surface area contributed by atoms with Crippen molar-refractivity contribution in [2.45, 2.75) is 30.7 Å². The molecule has 4 nitrogen and oxygen atoms in total. The van der Waals surface area contributed by atoms with Gasteiger partial charge in [0, 0.05) is 6.54 Å². The van der Waals surface area contributed by atoms with E-state index >= 15 is 0 Å². The third-order valence-corrected chi connectivity index (χ3v) is 4.97. The second kappa shape index (κ2) is 4.58. The second-order valence-electron chi connectivity index (χ2n) is 4.27. The Balaban J connectivity index is 2.36. The van der Waals surface area contributed by atoms with Crippen LogP contribution in [-0.2, 0) is 14.8 Å². The van der Waals surface area contributed by atoms with Crippen LogP contribution in [0, 0.1) is 6.92 Å². The van der Waals surface area contributed by atoms with Gasteiger partial charge in [-0.15, -0.1) is 0 Å². The van der Waals surface area contributed by atoms with Crippen molar-refractivity contribution < 1.29 is 13.2 Å². The Bertz CT molecular complexity index is 507. The van der Waals surface area contributed by atoms with E-state index in [4.69, 9.17) is 0 Å². The van der Waals surface area contributed by atoms with Gasteiger partial charge in [-0.25, -0.2) is 8.42 Å². The maximum Gasteiger partial charge on any atom is 0.243 e. The Kier molecular flexibility index (Phi) is 3.31. The summed E-state index contributed by atoms with van der Waals surface area (Å²) in [6.45, 7) is 2.33. The van der Waals surface area contributed by atoms with Gasteiger partial charge in [0.15, 0.2) is 0 Å². The molecular formula is C12H15NO3S. The van der Waals surface area contributed by atoms with E-state index in [1.165, 1.54) is 4.31 Å². The highest BCUT2D eigenvalue weighted by Gasteiger charge is 2.34. The van der Waals surface area contributed by atoms with Crippen molar-refractivity contribution in [3.05, 3.63) is 29.8 Å². The smallest absolute Gasteiger partial charge is 0.243 e. The minimum absolute atomic E-state index is 0.261. The first kappa shape index (κ1) is 12.3. The molecule has 1 heterocycles. The summed E-state index contributed by atoms with van der Waals surface area (Å²) >= 11 is 0. The minimum Gasteiger partial charge on any atom is -0.302 e. The van der Waals surface area contributed by atoms with Gasteiger partial charge in [0.2, 0.25) is 10.0 Å². The maximum absolute atomic E-state index is 12.3. The van der Waals surface area contributed by atoms with Crippen LogP contribution in [0.1, 0.15) is 18.4 Å². The molecule has 0 unspecified atom stereocenters. The normalized spacial score (nSPS) is 21.6. The monoisotopic (exact) mass is 253 g/mol. The van der Waals surface area contributed by atoms with Crippen molar-refractivity contribution in [1.82, 2.24) is 4.31 Å². The molecule has 0 bridgehead atoms. The van der Waals surface area contributed by atoms with Crippen LogP contribution in [-0.4, -0.2) is 31.6 Å². The Morgan fingerprint density at radius 3 is 2.53 bits per heavy atom. The summed E-state index contributed by atoms with van der Waals surface area (Å²) in [5.74, 6) is 0. The molecule has 0 aliphatic carbocycles. The van der Waals surface area contributed by atoms with Gasteiger partial charge < -0.3 is 4.79 Å². The summed E-state index contributed by atoms with van der Waals surface area (Å²) in [5, 5.41) is 0. The fourth-order valence-electron chi connectivity index (χ4n) is 2.05. The predicted molar refractivity (Wildman–Crippen MR) is 64.2 cm³/mol. The predicted octanol–water partition coefficient (Wildman–Crippen LogP) is 1.35. The van der Waals surface area contributed by atoms with Gasteiger partial charge in [-0.1, -0.05) is 17.7 Å². The van der Waals surface area contributed by atoms with E-state index in [2.05, 4.69) is 0 Å². The van der Waals surface area contributed by atoms with Crippen LogP contribution in [0.15, 0.2) is 29.2 Å². The molecule has 0 radical (unpaired) electrons. The zero-order chi connectivity index (χ0) is 12.5. The zero-order valence-corrected chi connectivity index (χ0v) is 10.5. The van der Waals surface area contributed by atoms with Crippen LogP contribution < -0.4 is 0 Å². The van der Waals surface area contributed by atoms with Gasteiger partial charge in [-0.05, 0) is 31.9 Å². The lowest BCUT2D eigenvalue weighted by Crippen LogP contribution is -2.36. The van der Waals surface area contributed by atoms with Gasteiger partial charge in [0.1, 0.15) is 6.29 Å². The first-order valence-electron chi connectivity index (χ1n) is 5.59. The standard InChI is InChI=1S/C12H15NO3S/c1-10-4-6-12(7-5-10)17(15,16)13-8-2-3-11(13)9-14/h4-7,9,11H,2-3,8H2,1H3/t11-/m1/s1. The Hall–Kier alpha value is -1.20. The number of rotatable bonds is 3. The van der Waals surface area contributed by atoms with E-state index in [1.54, 1.807) is 24.3 Å². The van der Waals surface area contributed by atoms with Crippen molar-refractivity contribution in [3.8, 4) is 0 Å². The Morgan fingerprint density at radius 2 is 1.94 bits per heavy atom. The van der Waals surface area contributed by atoms with E-state index in [-0.39, 0.29) is 4.90 Å². The van der Waals surface area contributed by atoms with Gasteiger partial charge in [-0.2, -0.15) is 4.31 Å². The van der Waals surface area contributed by atoms with Crippen LogP contribution in [0.3, 0.4) is 0 Å². The van der Waals surface area contributed by atoms with Crippen LogP contribution in [0.25, 0.3) is 0 Å². The molecule has 0 N–H and O–H groups in total. The summed E-state index contributed by atoms with van der Waals surface area (Å²) in [7, 11) is -3.51. The summed E-state index contributed by atoms with van der Waals surface area (Å²) in [5.41, 5.74) is 1.01. The molecule has 0 spiro atoms. The molecule has 0 amide bonds. The number of benzene rings is 1. The quantitative estimate of drug-likeness (QED) is 0.764. The van der Waals surface area contributed by atoms with Crippen molar-refractivity contribution in [2.75, 3.05) is 6.54 Å². The average Bonchev–Trinajstić information content (AvgIpc) is 2.78. The first-order chi connectivity index (χ1) is 8.05. The van der Waals surface area contributed by atoms with E-state index < -0.39 is 16.1 Å². The van der Waals surface area contributed by atoms with Crippen molar-refractivity contribution in [2.24, 2.45) is 0 Å². The number of carbonyl (C=O) groups is 1. The highest BCUT2D eigenvalue weighted by molar-refractivity contribution is 7.89. The molecule has 1 aliphatic heterocycles. The van der Waals surface area contributed by atoms with E-state index in [9.17, 15) is 13.2 Å².